The van der Waals surface area contributed by atoms with Gasteiger partial charge in [-0.1, -0.05) is 29.8 Å². The average Bonchev–Trinajstić information content (AvgIpc) is 3.06. The SMILES string of the molecule is CC(O)C(=O)OC1CN2CC2(c2ccccc2Cl)C1=O. The number of ketones is 1. The van der Waals surface area contributed by atoms with Gasteiger partial charge in [0.1, 0.15) is 11.6 Å². The number of esters is 1. The minimum atomic E-state index is -1.23. The number of aliphatic hydroxyl groups is 1. The van der Waals surface area contributed by atoms with Gasteiger partial charge in [0.2, 0.25) is 5.78 Å². The summed E-state index contributed by atoms with van der Waals surface area (Å²) in [5, 5.41) is 9.68. The zero-order valence-corrected chi connectivity index (χ0v) is 11.6. The molecular weight excluding hydrogens is 282 g/mol. The van der Waals surface area contributed by atoms with E-state index in [1.54, 1.807) is 12.1 Å². The molecule has 0 aliphatic carbocycles. The Labute approximate surface area is 121 Å². The molecule has 2 saturated heterocycles. The van der Waals surface area contributed by atoms with Crippen molar-refractivity contribution in [2.75, 3.05) is 13.1 Å². The molecule has 0 amide bonds. The third-order valence-corrected chi connectivity index (χ3v) is 4.19. The van der Waals surface area contributed by atoms with E-state index >= 15 is 0 Å². The normalized spacial score (nSPS) is 32.6. The molecule has 2 fully saturated rings. The first kappa shape index (κ1) is 13.5. The van der Waals surface area contributed by atoms with E-state index in [0.717, 1.165) is 5.56 Å². The quantitative estimate of drug-likeness (QED) is 0.658. The predicted octanol–water partition coefficient (Wildman–Crippen LogP) is 0.726. The van der Waals surface area contributed by atoms with Crippen LogP contribution in [0.4, 0.5) is 0 Å². The van der Waals surface area contributed by atoms with Crippen LogP contribution in [0.1, 0.15) is 12.5 Å². The third kappa shape index (κ3) is 1.85. The fourth-order valence-corrected chi connectivity index (χ4v) is 3.05. The summed E-state index contributed by atoms with van der Waals surface area (Å²) in [4.78, 5) is 25.9. The molecule has 106 valence electrons. The summed E-state index contributed by atoms with van der Waals surface area (Å²) in [6.45, 7) is 2.26. The van der Waals surface area contributed by atoms with Crippen LogP contribution >= 0.6 is 11.6 Å². The van der Waals surface area contributed by atoms with Gasteiger partial charge in [-0.15, -0.1) is 0 Å². The van der Waals surface area contributed by atoms with Crippen molar-refractivity contribution in [3.8, 4) is 0 Å². The van der Waals surface area contributed by atoms with Gasteiger partial charge in [0.25, 0.3) is 0 Å². The monoisotopic (exact) mass is 295 g/mol. The van der Waals surface area contributed by atoms with E-state index in [1.165, 1.54) is 6.92 Å². The van der Waals surface area contributed by atoms with Crippen LogP contribution in [-0.4, -0.2) is 47.1 Å². The number of halogens is 1. The molecule has 1 N–H and O–H groups in total. The Kier molecular flexibility index (Phi) is 3.08. The largest absolute Gasteiger partial charge is 0.451 e. The molecule has 1 aromatic rings. The lowest BCUT2D eigenvalue weighted by Crippen LogP contribution is -2.36. The zero-order chi connectivity index (χ0) is 14.5. The van der Waals surface area contributed by atoms with Crippen molar-refractivity contribution in [1.29, 1.82) is 0 Å². The molecule has 0 saturated carbocycles. The van der Waals surface area contributed by atoms with Gasteiger partial charge >= 0.3 is 5.97 Å². The molecule has 6 heteroatoms. The van der Waals surface area contributed by atoms with E-state index in [2.05, 4.69) is 0 Å². The summed E-state index contributed by atoms with van der Waals surface area (Å²) in [6, 6.07) is 7.19. The summed E-state index contributed by atoms with van der Waals surface area (Å²) in [7, 11) is 0. The molecule has 4 unspecified atom stereocenters. The van der Waals surface area contributed by atoms with Crippen molar-refractivity contribution in [2.24, 2.45) is 0 Å². The number of carbonyl (C=O) groups excluding carboxylic acids is 2. The van der Waals surface area contributed by atoms with Crippen molar-refractivity contribution in [3.05, 3.63) is 34.9 Å². The molecule has 2 heterocycles. The summed E-state index contributed by atoms with van der Waals surface area (Å²) >= 11 is 6.16. The van der Waals surface area contributed by atoms with Gasteiger partial charge in [-0.2, -0.15) is 0 Å². The molecule has 0 aromatic heterocycles. The summed E-state index contributed by atoms with van der Waals surface area (Å²) < 4.78 is 5.05. The smallest absolute Gasteiger partial charge is 0.335 e. The van der Waals surface area contributed by atoms with E-state index in [0.29, 0.717) is 18.1 Å². The molecule has 0 radical (unpaired) electrons. The molecule has 3 rings (SSSR count). The van der Waals surface area contributed by atoms with Gasteiger partial charge in [-0.05, 0) is 18.6 Å². The van der Waals surface area contributed by atoms with Crippen LogP contribution in [0, 0.1) is 0 Å². The zero-order valence-electron chi connectivity index (χ0n) is 10.9. The van der Waals surface area contributed by atoms with Gasteiger partial charge in [0.15, 0.2) is 6.10 Å². The number of Topliss-reactive ketones (excluding diaryl/α,β-unsaturated/α-hetero) is 1. The number of hydrogen-bond donors (Lipinski definition) is 1. The Hall–Kier alpha value is -1.43. The first-order chi connectivity index (χ1) is 9.46. The maximum Gasteiger partial charge on any atom is 0.335 e. The number of hydrogen-bond acceptors (Lipinski definition) is 5. The minimum absolute atomic E-state index is 0.167. The summed E-state index contributed by atoms with van der Waals surface area (Å²) in [6.07, 6.45) is -2.06. The number of benzene rings is 1. The number of piperidine rings is 1. The fourth-order valence-electron chi connectivity index (χ4n) is 2.76. The predicted molar refractivity (Wildman–Crippen MR) is 71.3 cm³/mol. The average molecular weight is 296 g/mol. The molecule has 0 spiro atoms. The van der Waals surface area contributed by atoms with Crippen molar-refractivity contribution in [3.63, 3.8) is 0 Å². The van der Waals surface area contributed by atoms with E-state index in [-0.39, 0.29) is 5.78 Å². The van der Waals surface area contributed by atoms with E-state index in [1.807, 2.05) is 17.0 Å². The lowest BCUT2D eigenvalue weighted by atomic mass is 9.93. The van der Waals surface area contributed by atoms with Crippen molar-refractivity contribution < 1.29 is 19.4 Å². The van der Waals surface area contributed by atoms with Gasteiger partial charge in [0.05, 0.1) is 0 Å². The first-order valence-electron chi connectivity index (χ1n) is 6.40. The van der Waals surface area contributed by atoms with Crippen molar-refractivity contribution in [2.45, 2.75) is 24.7 Å². The van der Waals surface area contributed by atoms with Gasteiger partial charge in [-0.3, -0.25) is 9.69 Å². The highest BCUT2D eigenvalue weighted by Gasteiger charge is 2.68. The molecular formula is C14H14ClNO4. The fraction of sp³-hybridized carbons (Fsp3) is 0.429. The topological polar surface area (TPSA) is 66.6 Å². The molecule has 0 bridgehead atoms. The van der Waals surface area contributed by atoms with Crippen LogP contribution in [0.3, 0.4) is 0 Å². The molecule has 2 aliphatic rings. The Morgan fingerprint density at radius 3 is 2.90 bits per heavy atom. The lowest BCUT2D eigenvalue weighted by molar-refractivity contribution is -0.161. The van der Waals surface area contributed by atoms with Gasteiger partial charge in [0, 0.05) is 18.1 Å². The van der Waals surface area contributed by atoms with Gasteiger partial charge < -0.3 is 9.84 Å². The number of rotatable bonds is 3. The van der Waals surface area contributed by atoms with Crippen LogP contribution in [0.25, 0.3) is 0 Å². The van der Waals surface area contributed by atoms with E-state index in [4.69, 9.17) is 21.4 Å². The van der Waals surface area contributed by atoms with Crippen LogP contribution in [0.15, 0.2) is 24.3 Å². The van der Waals surface area contributed by atoms with Gasteiger partial charge in [-0.25, -0.2) is 4.79 Å². The molecule has 20 heavy (non-hydrogen) atoms. The highest BCUT2D eigenvalue weighted by molar-refractivity contribution is 6.32. The van der Waals surface area contributed by atoms with E-state index < -0.39 is 23.7 Å². The number of aliphatic hydroxyl groups excluding tert-OH is 1. The summed E-state index contributed by atoms with van der Waals surface area (Å²) in [5.41, 5.74) is 0.00406. The number of ether oxygens (including phenoxy) is 1. The summed E-state index contributed by atoms with van der Waals surface area (Å²) in [5.74, 6) is -0.945. The Balaban J connectivity index is 1.84. The maximum atomic E-state index is 12.5. The second kappa shape index (κ2) is 4.55. The number of carbonyl (C=O) groups is 2. The minimum Gasteiger partial charge on any atom is -0.451 e. The molecule has 5 nitrogen and oxygen atoms in total. The van der Waals surface area contributed by atoms with Crippen LogP contribution in [0.2, 0.25) is 5.02 Å². The third-order valence-electron chi connectivity index (χ3n) is 3.86. The number of fused-ring (bicyclic) bond motifs is 1. The lowest BCUT2D eigenvalue weighted by Gasteiger charge is -2.16. The van der Waals surface area contributed by atoms with Crippen LogP contribution in [0.5, 0.6) is 0 Å². The highest BCUT2D eigenvalue weighted by atomic mass is 35.5. The molecule has 1 aromatic carbocycles. The van der Waals surface area contributed by atoms with Crippen LogP contribution in [-0.2, 0) is 19.9 Å². The Morgan fingerprint density at radius 2 is 2.25 bits per heavy atom. The second-order valence-corrected chi connectivity index (χ2v) is 5.59. The van der Waals surface area contributed by atoms with Crippen LogP contribution < -0.4 is 0 Å². The first-order valence-corrected chi connectivity index (χ1v) is 6.77. The Bertz CT molecular complexity index is 588. The molecule has 2 aliphatic heterocycles. The number of nitrogens with zero attached hydrogens (tertiary/aromatic N) is 1. The van der Waals surface area contributed by atoms with Crippen molar-refractivity contribution >= 4 is 23.4 Å². The Morgan fingerprint density at radius 1 is 1.55 bits per heavy atom. The highest BCUT2D eigenvalue weighted by Crippen LogP contribution is 2.51. The maximum absolute atomic E-state index is 12.5. The molecule has 4 atom stereocenters. The standard InChI is InChI=1S/C14H14ClNO4/c1-8(17)13(19)20-11-6-16-7-14(16,12(11)18)9-4-2-3-5-10(9)15/h2-5,8,11,17H,6-7H2,1H3. The van der Waals surface area contributed by atoms with Crippen molar-refractivity contribution in [1.82, 2.24) is 4.90 Å². The van der Waals surface area contributed by atoms with E-state index in [9.17, 15) is 9.59 Å². The second-order valence-electron chi connectivity index (χ2n) is 5.19.